The summed E-state index contributed by atoms with van der Waals surface area (Å²) >= 11 is 1.16. The molecular weight excluding hydrogens is 358 g/mol. The Hall–Kier alpha value is -2.74. The van der Waals surface area contributed by atoms with Crippen LogP contribution in [0.4, 0.5) is 8.78 Å². The van der Waals surface area contributed by atoms with Crippen LogP contribution in [0.1, 0.15) is 11.1 Å². The largest absolute Gasteiger partial charge is 0.351 e. The van der Waals surface area contributed by atoms with E-state index in [2.05, 4.69) is 15.4 Å². The van der Waals surface area contributed by atoms with E-state index in [1.807, 2.05) is 24.3 Å². The van der Waals surface area contributed by atoms with Gasteiger partial charge in [-0.05, 0) is 29.3 Å². The summed E-state index contributed by atoms with van der Waals surface area (Å²) in [6, 6.07) is 11.4. The van der Waals surface area contributed by atoms with Gasteiger partial charge in [0.2, 0.25) is 5.91 Å². The molecule has 0 aliphatic carbocycles. The number of aromatic nitrogens is 3. The van der Waals surface area contributed by atoms with Gasteiger partial charge < -0.3 is 5.32 Å². The summed E-state index contributed by atoms with van der Waals surface area (Å²) in [5.74, 6) is -1.85. The van der Waals surface area contributed by atoms with Gasteiger partial charge in [-0.25, -0.2) is 18.4 Å². The van der Waals surface area contributed by atoms with Crippen molar-refractivity contribution in [1.82, 2.24) is 20.1 Å². The molecule has 0 radical (unpaired) electrons. The van der Waals surface area contributed by atoms with Crippen LogP contribution in [-0.2, 0) is 17.9 Å². The fourth-order valence-corrected chi connectivity index (χ4v) is 2.98. The van der Waals surface area contributed by atoms with Crippen molar-refractivity contribution in [1.29, 1.82) is 0 Å². The quantitative estimate of drug-likeness (QED) is 0.646. The predicted octanol–water partition coefficient (Wildman–Crippen LogP) is 3.01. The zero-order valence-corrected chi connectivity index (χ0v) is 14.5. The van der Waals surface area contributed by atoms with Crippen LogP contribution < -0.4 is 5.32 Å². The third-order valence-electron chi connectivity index (χ3n) is 3.58. The Morgan fingerprint density at radius 3 is 2.54 bits per heavy atom. The van der Waals surface area contributed by atoms with Crippen molar-refractivity contribution in [3.05, 3.63) is 77.9 Å². The van der Waals surface area contributed by atoms with Crippen LogP contribution in [0.3, 0.4) is 0 Å². The molecular formula is C18H16F2N4OS. The lowest BCUT2D eigenvalue weighted by Crippen LogP contribution is -2.24. The first-order chi connectivity index (χ1) is 12.6. The third kappa shape index (κ3) is 5.13. The highest BCUT2D eigenvalue weighted by atomic mass is 32.2. The van der Waals surface area contributed by atoms with Gasteiger partial charge in [-0.15, -0.1) is 11.8 Å². The second-order valence-electron chi connectivity index (χ2n) is 5.55. The van der Waals surface area contributed by atoms with Crippen LogP contribution in [0.2, 0.25) is 0 Å². The van der Waals surface area contributed by atoms with Crippen LogP contribution in [0.25, 0.3) is 0 Å². The molecule has 134 valence electrons. The maximum absolute atomic E-state index is 13.1. The molecule has 8 heteroatoms. The lowest BCUT2D eigenvalue weighted by atomic mass is 10.1. The number of halogens is 2. The van der Waals surface area contributed by atoms with Gasteiger partial charge in [0.05, 0.1) is 12.3 Å². The van der Waals surface area contributed by atoms with Crippen molar-refractivity contribution in [3.8, 4) is 0 Å². The van der Waals surface area contributed by atoms with Crippen molar-refractivity contribution < 1.29 is 13.6 Å². The van der Waals surface area contributed by atoms with Crippen LogP contribution in [0.5, 0.6) is 0 Å². The lowest BCUT2D eigenvalue weighted by Gasteiger charge is -2.07. The summed E-state index contributed by atoms with van der Waals surface area (Å²) in [4.78, 5) is 16.3. The summed E-state index contributed by atoms with van der Waals surface area (Å²) in [7, 11) is 0. The zero-order valence-electron chi connectivity index (χ0n) is 13.7. The number of carbonyl (C=O) groups excluding carboxylic acids is 1. The lowest BCUT2D eigenvalue weighted by molar-refractivity contribution is -0.118. The van der Waals surface area contributed by atoms with Crippen molar-refractivity contribution in [3.63, 3.8) is 0 Å². The minimum atomic E-state index is -0.915. The Labute approximate surface area is 153 Å². The number of hydrogen-bond donors (Lipinski definition) is 1. The molecule has 0 aliphatic rings. The molecule has 0 atom stereocenters. The molecule has 1 aromatic heterocycles. The predicted molar refractivity (Wildman–Crippen MR) is 94.5 cm³/mol. The normalized spacial score (nSPS) is 10.7. The fourth-order valence-electron chi connectivity index (χ4n) is 2.23. The summed E-state index contributed by atoms with van der Waals surface area (Å²) < 4.78 is 27.7. The molecule has 26 heavy (non-hydrogen) atoms. The van der Waals surface area contributed by atoms with Gasteiger partial charge in [-0.3, -0.25) is 4.79 Å². The third-order valence-corrected chi connectivity index (χ3v) is 4.58. The Bertz CT molecular complexity index is 869. The first kappa shape index (κ1) is 18.1. The number of amides is 1. The van der Waals surface area contributed by atoms with Crippen molar-refractivity contribution >= 4 is 17.7 Å². The first-order valence-corrected chi connectivity index (χ1v) is 8.83. The number of nitrogens with one attached hydrogen (secondary N) is 1. The molecule has 0 bridgehead atoms. The maximum Gasteiger partial charge on any atom is 0.230 e. The van der Waals surface area contributed by atoms with Crippen molar-refractivity contribution in [2.45, 2.75) is 18.0 Å². The van der Waals surface area contributed by atoms with Gasteiger partial charge in [0, 0.05) is 11.4 Å². The van der Waals surface area contributed by atoms with Crippen LogP contribution in [0, 0.1) is 11.6 Å². The number of nitrogens with zero attached hydrogens (tertiary/aromatic N) is 3. The van der Waals surface area contributed by atoms with Gasteiger partial charge >= 0.3 is 0 Å². The monoisotopic (exact) mass is 374 g/mol. The summed E-state index contributed by atoms with van der Waals surface area (Å²) in [5.41, 5.74) is 2.05. The highest BCUT2D eigenvalue weighted by molar-refractivity contribution is 8.00. The van der Waals surface area contributed by atoms with Gasteiger partial charge in [-0.1, -0.05) is 24.3 Å². The molecule has 1 N–H and O–H groups in total. The van der Waals surface area contributed by atoms with Crippen molar-refractivity contribution in [2.75, 3.05) is 5.75 Å². The molecule has 2 aromatic carbocycles. The molecule has 0 saturated carbocycles. The van der Waals surface area contributed by atoms with E-state index < -0.39 is 11.6 Å². The number of rotatable bonds is 7. The second kappa shape index (κ2) is 8.57. The molecule has 0 saturated heterocycles. The van der Waals surface area contributed by atoms with Gasteiger partial charge in [0.1, 0.15) is 12.7 Å². The number of benzene rings is 2. The SMILES string of the molecule is O=C(CSc1ccc(F)c(F)c1)NCc1ccc(Cn2cncn2)cc1. The first-order valence-electron chi connectivity index (χ1n) is 7.85. The minimum absolute atomic E-state index is 0.134. The maximum atomic E-state index is 13.1. The van der Waals surface area contributed by atoms with Crippen LogP contribution in [0.15, 0.2) is 60.0 Å². The molecule has 0 fully saturated rings. The number of hydrogen-bond acceptors (Lipinski definition) is 4. The van der Waals surface area contributed by atoms with E-state index in [1.165, 1.54) is 12.4 Å². The molecule has 5 nitrogen and oxygen atoms in total. The minimum Gasteiger partial charge on any atom is -0.351 e. The summed E-state index contributed by atoms with van der Waals surface area (Å²) in [5, 5.41) is 6.86. The molecule has 0 aliphatic heterocycles. The highest BCUT2D eigenvalue weighted by Gasteiger charge is 2.06. The number of carbonyl (C=O) groups is 1. The van der Waals surface area contributed by atoms with Crippen LogP contribution >= 0.6 is 11.8 Å². The van der Waals surface area contributed by atoms with E-state index in [0.717, 1.165) is 35.0 Å². The van der Waals surface area contributed by atoms with E-state index in [-0.39, 0.29) is 11.7 Å². The summed E-state index contributed by atoms with van der Waals surface area (Å²) in [6.45, 7) is 1.04. The molecule has 1 amide bonds. The van der Waals surface area contributed by atoms with Gasteiger partial charge in [0.15, 0.2) is 11.6 Å². The molecule has 0 unspecified atom stereocenters. The van der Waals surface area contributed by atoms with E-state index >= 15 is 0 Å². The zero-order chi connectivity index (χ0) is 18.4. The summed E-state index contributed by atoms with van der Waals surface area (Å²) in [6.07, 6.45) is 3.14. The van der Waals surface area contributed by atoms with Gasteiger partial charge in [-0.2, -0.15) is 5.10 Å². The van der Waals surface area contributed by atoms with E-state index in [0.29, 0.717) is 18.0 Å². The Kier molecular flexibility index (Phi) is 5.96. The Morgan fingerprint density at radius 1 is 1.08 bits per heavy atom. The van der Waals surface area contributed by atoms with E-state index in [9.17, 15) is 13.6 Å². The standard InChI is InChI=1S/C18H16F2N4OS/c19-16-6-5-15(7-17(16)20)26-10-18(25)22-8-13-1-3-14(4-2-13)9-24-12-21-11-23-24/h1-7,11-12H,8-10H2,(H,22,25). The molecule has 1 heterocycles. The van der Waals surface area contributed by atoms with Gasteiger partial charge in [0.25, 0.3) is 0 Å². The average molecular weight is 374 g/mol. The topological polar surface area (TPSA) is 59.8 Å². The van der Waals surface area contributed by atoms with E-state index in [1.54, 1.807) is 11.0 Å². The highest BCUT2D eigenvalue weighted by Crippen LogP contribution is 2.20. The second-order valence-corrected chi connectivity index (χ2v) is 6.60. The molecule has 3 rings (SSSR count). The molecule has 3 aromatic rings. The average Bonchev–Trinajstić information content (AvgIpc) is 3.15. The molecule has 0 spiro atoms. The fraction of sp³-hybridized carbons (Fsp3) is 0.167. The van der Waals surface area contributed by atoms with Crippen LogP contribution in [-0.4, -0.2) is 26.4 Å². The van der Waals surface area contributed by atoms with Crippen molar-refractivity contribution in [2.24, 2.45) is 0 Å². The number of thioether (sulfide) groups is 1. The smallest absolute Gasteiger partial charge is 0.230 e. The Morgan fingerprint density at radius 2 is 1.85 bits per heavy atom. The van der Waals surface area contributed by atoms with E-state index in [4.69, 9.17) is 0 Å². The Balaban J connectivity index is 1.44.